The van der Waals surface area contributed by atoms with Gasteiger partial charge in [0.2, 0.25) is 0 Å². The highest BCUT2D eigenvalue weighted by Crippen LogP contribution is 2.64. The molecule has 35 heavy (non-hydrogen) atoms. The highest BCUT2D eigenvalue weighted by Gasteiger charge is 2.28. The predicted molar refractivity (Wildman–Crippen MR) is 157 cm³/mol. The van der Waals surface area contributed by atoms with Gasteiger partial charge in [0.15, 0.2) is 0 Å². The molecule has 0 fully saturated rings. The van der Waals surface area contributed by atoms with Crippen molar-refractivity contribution in [3.63, 3.8) is 0 Å². The van der Waals surface area contributed by atoms with E-state index in [4.69, 9.17) is 20.9 Å². The van der Waals surface area contributed by atoms with Gasteiger partial charge in [0.1, 0.15) is 11.5 Å². The van der Waals surface area contributed by atoms with Crippen LogP contribution >= 0.6 is 17.1 Å². The first-order valence-corrected chi connectivity index (χ1v) is 16.3. The second-order valence-corrected chi connectivity index (χ2v) is 17.9. The molecule has 0 saturated heterocycles. The first-order chi connectivity index (χ1) is 16.3. The minimum Gasteiger partial charge on any atom is -0.428 e. The monoisotopic (exact) mass is 526 g/mol. The molecular formula is C30H39O2PS2. The molecule has 2 nitrogen and oxygen atoms in total. The number of hydrogen-bond donors (Lipinski definition) is 0. The maximum absolute atomic E-state index is 6.56. The van der Waals surface area contributed by atoms with E-state index in [1.807, 2.05) is 30.3 Å². The van der Waals surface area contributed by atoms with Crippen LogP contribution in [0.25, 0.3) is 0 Å². The quantitative estimate of drug-likeness (QED) is 0.258. The Morgan fingerprint density at radius 2 is 1.17 bits per heavy atom. The van der Waals surface area contributed by atoms with Crippen molar-refractivity contribution < 1.29 is 9.05 Å². The van der Waals surface area contributed by atoms with E-state index in [1.165, 1.54) is 16.7 Å². The van der Waals surface area contributed by atoms with Gasteiger partial charge >= 0.3 is 5.69 Å². The lowest BCUT2D eigenvalue weighted by Crippen LogP contribution is -2.09. The Hall–Kier alpha value is -1.74. The van der Waals surface area contributed by atoms with Crippen LogP contribution in [-0.2, 0) is 24.6 Å². The molecule has 3 aromatic carbocycles. The van der Waals surface area contributed by atoms with Gasteiger partial charge in [0.05, 0.1) is 0 Å². The van der Waals surface area contributed by atoms with E-state index in [0.29, 0.717) is 0 Å². The zero-order chi connectivity index (χ0) is 25.7. The molecule has 188 valence electrons. The van der Waals surface area contributed by atoms with Gasteiger partial charge in [0.25, 0.3) is 0 Å². The zero-order valence-corrected chi connectivity index (χ0v) is 24.6. The van der Waals surface area contributed by atoms with Gasteiger partial charge in [-0.3, -0.25) is 0 Å². The Labute approximate surface area is 221 Å². The molecule has 0 heterocycles. The summed E-state index contributed by atoms with van der Waals surface area (Å²) >= 11 is 7.79. The highest BCUT2D eigenvalue weighted by atomic mass is 32.9. The summed E-state index contributed by atoms with van der Waals surface area (Å²) in [7, 11) is 0. The van der Waals surface area contributed by atoms with Gasteiger partial charge in [-0.2, -0.15) is 0 Å². The minimum absolute atomic E-state index is 0.137. The summed E-state index contributed by atoms with van der Waals surface area (Å²) in [5, 5.41) is 0.137. The average Bonchev–Trinajstić information content (AvgIpc) is 2.72. The van der Waals surface area contributed by atoms with Crippen LogP contribution in [0.4, 0.5) is 0 Å². The van der Waals surface area contributed by atoms with Gasteiger partial charge in [-0.1, -0.05) is 96.1 Å². The third-order valence-corrected chi connectivity index (χ3v) is 10.4. The van der Waals surface area contributed by atoms with Crippen LogP contribution in [0, 0.1) is 10.8 Å². The summed E-state index contributed by atoms with van der Waals surface area (Å²) in [5.74, 6) is 1.54. The fourth-order valence-corrected chi connectivity index (χ4v) is 9.46. The molecular weight excluding hydrogens is 487 g/mol. The second kappa shape index (κ2) is 11.5. The van der Waals surface area contributed by atoms with Crippen molar-refractivity contribution in [2.45, 2.75) is 66.6 Å². The van der Waals surface area contributed by atoms with Crippen molar-refractivity contribution in [2.24, 2.45) is 10.8 Å². The number of benzene rings is 3. The predicted octanol–water partition coefficient (Wildman–Crippen LogP) is 10.0. The van der Waals surface area contributed by atoms with Crippen molar-refractivity contribution >= 4 is 28.9 Å². The van der Waals surface area contributed by atoms with Crippen molar-refractivity contribution in [2.75, 3.05) is 0 Å². The second-order valence-electron chi connectivity index (χ2n) is 11.6. The molecule has 0 saturated carbocycles. The lowest BCUT2D eigenvalue weighted by molar-refractivity contribution is 0.410. The fourth-order valence-electron chi connectivity index (χ4n) is 3.95. The third kappa shape index (κ3) is 9.67. The molecule has 0 aliphatic rings. The molecule has 0 bridgehead atoms. The molecule has 5 heteroatoms. The number of hydrogen-bond acceptors (Lipinski definition) is 4. The van der Waals surface area contributed by atoms with Crippen LogP contribution in [0.1, 0.15) is 70.4 Å². The van der Waals surface area contributed by atoms with Crippen LogP contribution in [0.5, 0.6) is 11.5 Å². The molecule has 3 aromatic rings. The van der Waals surface area contributed by atoms with Crippen molar-refractivity contribution in [3.05, 3.63) is 95.6 Å². The van der Waals surface area contributed by atoms with Crippen LogP contribution < -0.4 is 9.05 Å². The maximum atomic E-state index is 6.56. The van der Waals surface area contributed by atoms with E-state index in [-0.39, 0.29) is 16.1 Å². The lowest BCUT2D eigenvalue weighted by Gasteiger charge is -2.26. The normalized spacial score (nSPS) is 13.3. The Morgan fingerprint density at radius 1 is 0.714 bits per heavy atom. The molecule has 0 radical (unpaired) electrons. The van der Waals surface area contributed by atoms with Gasteiger partial charge in [-0.15, -0.1) is 0 Å². The summed E-state index contributed by atoms with van der Waals surface area (Å²) in [6, 6.07) is 27.0. The average molecular weight is 527 g/mol. The first kappa shape index (κ1) is 27.8. The minimum atomic E-state index is -2.78. The molecule has 0 aromatic heterocycles. The van der Waals surface area contributed by atoms with Crippen LogP contribution in [0.15, 0.2) is 78.9 Å². The Bertz CT molecular complexity index is 1080. The molecule has 1 atom stereocenters. The summed E-state index contributed by atoms with van der Waals surface area (Å²) in [6.45, 7) is 15.6. The van der Waals surface area contributed by atoms with Crippen LogP contribution in [0.3, 0.4) is 0 Å². The molecule has 0 amide bonds. The third-order valence-electron chi connectivity index (χ3n) is 5.26. The summed E-state index contributed by atoms with van der Waals surface area (Å²) in [4.78, 5) is 0. The number of rotatable bonds is 9. The van der Waals surface area contributed by atoms with Gasteiger partial charge in [-0.05, 0) is 94.7 Å². The largest absolute Gasteiger partial charge is 0.428 e. The van der Waals surface area contributed by atoms with Gasteiger partial charge < -0.3 is 9.05 Å². The van der Waals surface area contributed by atoms with Gasteiger partial charge in [0, 0.05) is 5.25 Å². The molecule has 0 N–H and O–H groups in total. The van der Waals surface area contributed by atoms with E-state index in [9.17, 15) is 0 Å². The summed E-state index contributed by atoms with van der Waals surface area (Å²) in [5.41, 5.74) is 1.30. The van der Waals surface area contributed by atoms with Crippen LogP contribution in [-0.4, -0.2) is 0 Å². The van der Waals surface area contributed by atoms with E-state index in [1.54, 1.807) is 11.4 Å². The maximum Gasteiger partial charge on any atom is 0.349 e. The standard InChI is InChI=1S/C30H39O2PS2/c1-23(26-15-9-8-10-16-26)35-33(34,31-27-17-11-13-24(19-27)21-29(2,3)4)32-28-18-12-14-25(20-28)22-30(5,6)7/h8-20,23H,21-22H2,1-7H3. The van der Waals surface area contributed by atoms with Crippen LogP contribution in [0.2, 0.25) is 0 Å². The molecule has 1 unspecified atom stereocenters. The first-order valence-electron chi connectivity index (χ1n) is 12.2. The smallest absolute Gasteiger partial charge is 0.349 e. The zero-order valence-electron chi connectivity index (χ0n) is 22.1. The SMILES string of the molecule is CC(SP(=S)(Oc1cccc(CC(C)(C)C)c1)Oc1cccc(CC(C)(C)C)c1)c1ccccc1. The molecule has 0 aliphatic carbocycles. The highest BCUT2D eigenvalue weighted by molar-refractivity contribution is 8.68. The van der Waals surface area contributed by atoms with Crippen molar-refractivity contribution in [3.8, 4) is 11.5 Å². The molecule has 0 aliphatic heterocycles. The van der Waals surface area contributed by atoms with Crippen molar-refractivity contribution in [1.82, 2.24) is 0 Å². The van der Waals surface area contributed by atoms with E-state index >= 15 is 0 Å². The molecule has 3 rings (SSSR count). The Kier molecular flexibility index (Phi) is 9.18. The van der Waals surface area contributed by atoms with E-state index in [0.717, 1.165) is 24.3 Å². The van der Waals surface area contributed by atoms with E-state index < -0.39 is 5.69 Å². The summed E-state index contributed by atoms with van der Waals surface area (Å²) < 4.78 is 13.1. The van der Waals surface area contributed by atoms with Gasteiger partial charge in [-0.25, -0.2) is 0 Å². The Balaban J connectivity index is 1.90. The summed E-state index contributed by atoms with van der Waals surface area (Å²) in [6.07, 6.45) is 1.94. The van der Waals surface area contributed by atoms with E-state index in [2.05, 4.69) is 97.0 Å². The lowest BCUT2D eigenvalue weighted by atomic mass is 9.88. The molecule has 0 spiro atoms. The topological polar surface area (TPSA) is 18.5 Å². The fraction of sp³-hybridized carbons (Fsp3) is 0.400. The Morgan fingerprint density at radius 3 is 1.60 bits per heavy atom. The van der Waals surface area contributed by atoms with Crippen molar-refractivity contribution in [1.29, 1.82) is 0 Å².